The third kappa shape index (κ3) is 4.11. The zero-order valence-corrected chi connectivity index (χ0v) is 17.5. The Bertz CT molecular complexity index is 1230. The highest BCUT2D eigenvalue weighted by atomic mass is 32.2. The number of nitrogens with one attached hydrogen (secondary N) is 1. The predicted octanol–water partition coefficient (Wildman–Crippen LogP) is 0.738. The summed E-state index contributed by atoms with van der Waals surface area (Å²) in [5.41, 5.74) is -2.57. The highest BCUT2D eigenvalue weighted by Crippen LogP contribution is 2.32. The van der Waals surface area contributed by atoms with E-state index in [1.807, 2.05) is 4.72 Å². The number of nitrogens with zero attached hydrogens (tertiary/aromatic N) is 1. The summed E-state index contributed by atoms with van der Waals surface area (Å²) in [6, 6.07) is 9.68. The second kappa shape index (κ2) is 7.52. The average Bonchev–Trinajstić information content (AvgIpc) is 2.57. The van der Waals surface area contributed by atoms with E-state index in [0.717, 1.165) is 16.5 Å². The first-order chi connectivity index (χ1) is 13.9. The Morgan fingerprint density at radius 1 is 1.10 bits per heavy atom. The summed E-state index contributed by atoms with van der Waals surface area (Å²) >= 11 is 0. The van der Waals surface area contributed by atoms with E-state index in [0.29, 0.717) is 5.39 Å². The van der Waals surface area contributed by atoms with E-state index in [1.54, 1.807) is 24.3 Å². The Morgan fingerprint density at radius 3 is 2.23 bits per heavy atom. The largest absolute Gasteiger partial charge is 0.480 e. The SMILES string of the molecule is CS(=O)(=O)C[C@](NS(=O)(=O)c1ccc2ccccc2c1)(C(=O)O)C1CCN1C(=O)O. The molecule has 0 spiro atoms. The van der Waals surface area contributed by atoms with E-state index in [1.165, 1.54) is 18.2 Å². The van der Waals surface area contributed by atoms with Gasteiger partial charge in [0.2, 0.25) is 10.0 Å². The number of sulfonamides is 1. The molecule has 1 aliphatic rings. The van der Waals surface area contributed by atoms with Gasteiger partial charge in [0, 0.05) is 12.8 Å². The second-order valence-electron chi connectivity index (χ2n) is 7.24. The lowest BCUT2D eigenvalue weighted by molar-refractivity contribution is -0.147. The Kier molecular flexibility index (Phi) is 5.52. The number of rotatable bonds is 7. The molecule has 1 heterocycles. The third-order valence-electron chi connectivity index (χ3n) is 5.05. The Hall–Kier alpha value is -2.70. The fourth-order valence-electron chi connectivity index (χ4n) is 3.62. The van der Waals surface area contributed by atoms with Crippen molar-refractivity contribution < 1.29 is 36.6 Å². The van der Waals surface area contributed by atoms with Crippen molar-refractivity contribution in [2.24, 2.45) is 0 Å². The number of fused-ring (bicyclic) bond motifs is 1. The first kappa shape index (κ1) is 22.0. The molecule has 10 nitrogen and oxygen atoms in total. The van der Waals surface area contributed by atoms with E-state index in [9.17, 15) is 36.6 Å². The van der Waals surface area contributed by atoms with Crippen LogP contribution in [0.4, 0.5) is 4.79 Å². The van der Waals surface area contributed by atoms with Crippen LogP contribution in [0.1, 0.15) is 6.42 Å². The van der Waals surface area contributed by atoms with Crippen LogP contribution in [0.2, 0.25) is 0 Å². The molecule has 0 aliphatic carbocycles. The van der Waals surface area contributed by atoms with Gasteiger partial charge in [-0.05, 0) is 29.3 Å². The maximum absolute atomic E-state index is 13.1. The highest BCUT2D eigenvalue weighted by Gasteiger charge is 2.57. The van der Waals surface area contributed by atoms with E-state index < -0.39 is 49.3 Å². The number of amides is 1. The molecule has 2 aromatic carbocycles. The Balaban J connectivity index is 2.10. The van der Waals surface area contributed by atoms with Crippen molar-refractivity contribution in [3.05, 3.63) is 42.5 Å². The first-order valence-electron chi connectivity index (χ1n) is 8.79. The summed E-state index contributed by atoms with van der Waals surface area (Å²) in [7, 11) is -8.53. The van der Waals surface area contributed by atoms with Gasteiger partial charge < -0.3 is 15.1 Å². The summed E-state index contributed by atoms with van der Waals surface area (Å²) < 4.78 is 52.2. The van der Waals surface area contributed by atoms with Crippen molar-refractivity contribution in [3.63, 3.8) is 0 Å². The molecule has 3 N–H and O–H groups in total. The van der Waals surface area contributed by atoms with E-state index in [4.69, 9.17) is 0 Å². The third-order valence-corrected chi connectivity index (χ3v) is 7.54. The molecular formula is C18H20N2O8S2. The van der Waals surface area contributed by atoms with Crippen LogP contribution in [0, 0.1) is 0 Å². The molecule has 1 aliphatic heterocycles. The highest BCUT2D eigenvalue weighted by molar-refractivity contribution is 7.91. The maximum atomic E-state index is 13.1. The molecule has 1 fully saturated rings. The van der Waals surface area contributed by atoms with Crippen LogP contribution in [0.5, 0.6) is 0 Å². The van der Waals surface area contributed by atoms with Gasteiger partial charge in [-0.25, -0.2) is 21.6 Å². The molecule has 162 valence electrons. The minimum atomic E-state index is -4.51. The molecule has 2 atom stereocenters. The molecule has 0 saturated carbocycles. The summed E-state index contributed by atoms with van der Waals surface area (Å²) in [5.74, 6) is -2.87. The van der Waals surface area contributed by atoms with Gasteiger partial charge in [0.05, 0.1) is 16.7 Å². The van der Waals surface area contributed by atoms with Crippen LogP contribution >= 0.6 is 0 Å². The number of hydrogen-bond acceptors (Lipinski definition) is 6. The summed E-state index contributed by atoms with van der Waals surface area (Å²) in [6.45, 7) is -0.0313. The van der Waals surface area contributed by atoms with Crippen LogP contribution in [0.3, 0.4) is 0 Å². The molecule has 2 aromatic rings. The Labute approximate surface area is 173 Å². The number of carbonyl (C=O) groups is 2. The Morgan fingerprint density at radius 2 is 1.73 bits per heavy atom. The number of hydrogen-bond donors (Lipinski definition) is 3. The van der Waals surface area contributed by atoms with Crippen LogP contribution in [0.15, 0.2) is 47.4 Å². The lowest BCUT2D eigenvalue weighted by Gasteiger charge is -2.48. The van der Waals surface area contributed by atoms with Crippen LogP contribution in [0.25, 0.3) is 10.8 Å². The fourth-order valence-corrected chi connectivity index (χ4v) is 6.35. The summed E-state index contributed by atoms with van der Waals surface area (Å²) in [4.78, 5) is 24.1. The minimum absolute atomic E-state index is 0.00559. The topological polar surface area (TPSA) is 158 Å². The van der Waals surface area contributed by atoms with E-state index in [2.05, 4.69) is 0 Å². The number of likely N-dealkylation sites (tertiary alicyclic amines) is 1. The first-order valence-corrected chi connectivity index (χ1v) is 12.3. The van der Waals surface area contributed by atoms with Gasteiger partial charge in [-0.2, -0.15) is 4.72 Å². The lowest BCUT2D eigenvalue weighted by atomic mass is 9.84. The van der Waals surface area contributed by atoms with Gasteiger partial charge in [0.1, 0.15) is 9.84 Å². The standard InChI is InChI=1S/C18H20N2O8S2/c1-29(25,26)11-18(16(21)22,15-8-9-20(15)17(23)24)19-30(27,28)14-7-6-12-4-2-3-5-13(12)10-14/h2-7,10,15,19H,8-9,11H2,1H3,(H,21,22)(H,23,24)/t15?,18-/m1/s1. The molecule has 1 unspecified atom stereocenters. The van der Waals surface area contributed by atoms with Crippen molar-refractivity contribution in [1.29, 1.82) is 0 Å². The molecule has 0 radical (unpaired) electrons. The fraction of sp³-hybridized carbons (Fsp3) is 0.333. The number of sulfone groups is 1. The second-order valence-corrected chi connectivity index (χ2v) is 11.1. The zero-order valence-electron chi connectivity index (χ0n) is 15.8. The van der Waals surface area contributed by atoms with Gasteiger partial charge in [-0.3, -0.25) is 4.79 Å². The summed E-state index contributed by atoms with van der Waals surface area (Å²) in [5, 5.41) is 20.5. The molecule has 1 saturated heterocycles. The monoisotopic (exact) mass is 456 g/mol. The zero-order chi connectivity index (χ0) is 22.3. The van der Waals surface area contributed by atoms with Crippen molar-refractivity contribution in [2.75, 3.05) is 18.6 Å². The number of carboxylic acid groups (broad SMARTS) is 2. The van der Waals surface area contributed by atoms with Crippen LogP contribution in [-0.4, -0.2) is 74.1 Å². The van der Waals surface area contributed by atoms with Crippen molar-refractivity contribution >= 4 is 42.7 Å². The number of benzene rings is 2. The molecule has 30 heavy (non-hydrogen) atoms. The normalized spacial score (nSPS) is 19.1. The van der Waals surface area contributed by atoms with Gasteiger partial charge in [0.15, 0.2) is 5.54 Å². The van der Waals surface area contributed by atoms with Gasteiger partial charge in [-0.15, -0.1) is 0 Å². The van der Waals surface area contributed by atoms with Gasteiger partial charge in [0.25, 0.3) is 0 Å². The smallest absolute Gasteiger partial charge is 0.407 e. The van der Waals surface area contributed by atoms with Crippen molar-refractivity contribution in [2.45, 2.75) is 22.9 Å². The quantitative estimate of drug-likeness (QED) is 0.550. The van der Waals surface area contributed by atoms with Crippen molar-refractivity contribution in [1.82, 2.24) is 9.62 Å². The molecule has 12 heteroatoms. The van der Waals surface area contributed by atoms with E-state index >= 15 is 0 Å². The number of aliphatic carboxylic acids is 1. The van der Waals surface area contributed by atoms with Gasteiger partial charge in [-0.1, -0.05) is 30.3 Å². The predicted molar refractivity (Wildman–Crippen MR) is 107 cm³/mol. The van der Waals surface area contributed by atoms with Gasteiger partial charge >= 0.3 is 12.1 Å². The average molecular weight is 456 g/mol. The van der Waals surface area contributed by atoms with Crippen molar-refractivity contribution in [3.8, 4) is 0 Å². The lowest BCUT2D eigenvalue weighted by Crippen LogP contribution is -2.74. The molecule has 0 aromatic heterocycles. The molecule has 3 rings (SSSR count). The molecular weight excluding hydrogens is 436 g/mol. The molecule has 1 amide bonds. The minimum Gasteiger partial charge on any atom is -0.480 e. The van der Waals surface area contributed by atoms with E-state index in [-0.39, 0.29) is 17.9 Å². The molecule has 0 bridgehead atoms. The summed E-state index contributed by atoms with van der Waals surface area (Å²) in [6.07, 6.45) is -0.706. The van der Waals surface area contributed by atoms with Crippen LogP contribution < -0.4 is 4.72 Å². The maximum Gasteiger partial charge on any atom is 0.407 e. The van der Waals surface area contributed by atoms with Crippen LogP contribution in [-0.2, 0) is 24.7 Å². The number of carboxylic acids is 1.